The first-order valence-corrected chi connectivity index (χ1v) is 10.5. The number of piperidine rings is 1. The van der Waals surface area contributed by atoms with Crippen LogP contribution in [0, 0.1) is 6.92 Å². The molecular formula is C22H35IN6. The average molecular weight is 510 g/mol. The molecule has 1 saturated heterocycles. The molecule has 1 aliphatic heterocycles. The minimum atomic E-state index is 0. The fraction of sp³-hybridized carbons (Fsp3) is 0.545. The summed E-state index contributed by atoms with van der Waals surface area (Å²) in [5.74, 6) is 0.917. The second-order valence-electron chi connectivity index (χ2n) is 7.71. The Kier molecular flexibility index (Phi) is 9.93. The van der Waals surface area contributed by atoms with E-state index in [-0.39, 0.29) is 24.0 Å². The van der Waals surface area contributed by atoms with Gasteiger partial charge in [-0.15, -0.1) is 24.0 Å². The van der Waals surface area contributed by atoms with Crippen molar-refractivity contribution in [2.24, 2.45) is 4.99 Å². The monoisotopic (exact) mass is 510 g/mol. The summed E-state index contributed by atoms with van der Waals surface area (Å²) in [6.45, 7) is 11.0. The first-order valence-electron chi connectivity index (χ1n) is 10.5. The SMILES string of the molecule is CCNC(=NCCn1cc(C)cn1)NC1CCN(Cc2ccccc2)C(C)C1.I. The van der Waals surface area contributed by atoms with Crippen LogP contribution in [0.1, 0.15) is 37.8 Å². The third kappa shape index (κ3) is 7.62. The number of likely N-dealkylation sites (tertiary alicyclic amines) is 1. The van der Waals surface area contributed by atoms with E-state index in [9.17, 15) is 0 Å². The Balaban J connectivity index is 0.00000300. The first kappa shape index (κ1) is 23.7. The van der Waals surface area contributed by atoms with Crippen LogP contribution in [0.5, 0.6) is 0 Å². The number of hydrogen-bond acceptors (Lipinski definition) is 3. The van der Waals surface area contributed by atoms with Crippen molar-refractivity contribution in [3.63, 3.8) is 0 Å². The molecule has 0 amide bonds. The van der Waals surface area contributed by atoms with Crippen molar-refractivity contribution >= 4 is 29.9 Å². The predicted molar refractivity (Wildman–Crippen MR) is 131 cm³/mol. The van der Waals surface area contributed by atoms with E-state index in [2.05, 4.69) is 77.9 Å². The maximum Gasteiger partial charge on any atom is 0.191 e. The largest absolute Gasteiger partial charge is 0.357 e. The molecule has 6 nitrogen and oxygen atoms in total. The number of benzene rings is 1. The number of nitrogens with zero attached hydrogens (tertiary/aromatic N) is 4. The molecule has 0 aliphatic carbocycles. The lowest BCUT2D eigenvalue weighted by Gasteiger charge is -2.38. The minimum Gasteiger partial charge on any atom is -0.357 e. The van der Waals surface area contributed by atoms with Crippen molar-refractivity contribution in [2.45, 2.75) is 58.8 Å². The lowest BCUT2D eigenvalue weighted by Crippen LogP contribution is -2.51. The second kappa shape index (κ2) is 12.2. The Morgan fingerprint density at radius 1 is 1.28 bits per heavy atom. The zero-order valence-electron chi connectivity index (χ0n) is 17.8. The van der Waals surface area contributed by atoms with Gasteiger partial charge in [0.1, 0.15) is 0 Å². The van der Waals surface area contributed by atoms with Crippen LogP contribution in [0.4, 0.5) is 0 Å². The van der Waals surface area contributed by atoms with Gasteiger partial charge >= 0.3 is 0 Å². The van der Waals surface area contributed by atoms with Crippen LogP contribution in [-0.4, -0.2) is 52.4 Å². The standard InChI is InChI=1S/C22H34N6.HI/c1-4-23-22(24-11-13-28-16-18(2)15-25-28)26-21-10-12-27(19(3)14-21)17-20-8-6-5-7-9-20;/h5-9,15-16,19,21H,4,10-14,17H2,1-3H3,(H2,23,24,26);1H. The van der Waals surface area contributed by atoms with Gasteiger partial charge in [-0.1, -0.05) is 30.3 Å². The van der Waals surface area contributed by atoms with Gasteiger partial charge in [-0.25, -0.2) is 0 Å². The second-order valence-corrected chi connectivity index (χ2v) is 7.71. The lowest BCUT2D eigenvalue weighted by molar-refractivity contribution is 0.134. The van der Waals surface area contributed by atoms with E-state index in [1.807, 2.05) is 10.9 Å². The molecule has 1 aromatic heterocycles. The number of hydrogen-bond donors (Lipinski definition) is 2. The molecule has 2 aromatic rings. The summed E-state index contributed by atoms with van der Waals surface area (Å²) in [5, 5.41) is 11.4. The Labute approximate surface area is 192 Å². The van der Waals surface area contributed by atoms with Crippen LogP contribution in [0.15, 0.2) is 47.7 Å². The number of aliphatic imine (C=N–C) groups is 1. The molecule has 2 atom stereocenters. The van der Waals surface area contributed by atoms with Gasteiger partial charge in [0, 0.05) is 37.9 Å². The van der Waals surface area contributed by atoms with E-state index in [1.165, 1.54) is 11.1 Å². The molecule has 0 bridgehead atoms. The summed E-state index contributed by atoms with van der Waals surface area (Å²) >= 11 is 0. The number of halogens is 1. The van der Waals surface area contributed by atoms with Crippen LogP contribution in [0.3, 0.4) is 0 Å². The van der Waals surface area contributed by atoms with E-state index < -0.39 is 0 Å². The fourth-order valence-electron chi connectivity index (χ4n) is 3.77. The molecule has 160 valence electrons. The maximum absolute atomic E-state index is 4.74. The third-order valence-corrected chi connectivity index (χ3v) is 5.29. The molecule has 1 fully saturated rings. The Morgan fingerprint density at radius 2 is 2.07 bits per heavy atom. The summed E-state index contributed by atoms with van der Waals surface area (Å²) in [4.78, 5) is 7.32. The highest BCUT2D eigenvalue weighted by Gasteiger charge is 2.25. The highest BCUT2D eigenvalue weighted by Crippen LogP contribution is 2.19. The normalized spacial score (nSPS) is 20.2. The van der Waals surface area contributed by atoms with Gasteiger partial charge in [0.05, 0.1) is 19.3 Å². The smallest absolute Gasteiger partial charge is 0.191 e. The van der Waals surface area contributed by atoms with Crippen molar-refractivity contribution in [2.75, 3.05) is 19.6 Å². The maximum atomic E-state index is 4.74. The van der Waals surface area contributed by atoms with Crippen LogP contribution in [0.25, 0.3) is 0 Å². The van der Waals surface area contributed by atoms with Crippen molar-refractivity contribution < 1.29 is 0 Å². The molecule has 2 unspecified atom stereocenters. The van der Waals surface area contributed by atoms with Crippen molar-refractivity contribution in [1.82, 2.24) is 25.3 Å². The summed E-state index contributed by atoms with van der Waals surface area (Å²) in [7, 11) is 0. The number of guanidine groups is 1. The highest BCUT2D eigenvalue weighted by molar-refractivity contribution is 14.0. The van der Waals surface area contributed by atoms with Crippen molar-refractivity contribution in [3.8, 4) is 0 Å². The first-order chi connectivity index (χ1) is 13.6. The van der Waals surface area contributed by atoms with Gasteiger partial charge in [0.15, 0.2) is 5.96 Å². The molecule has 3 rings (SSSR count). The number of aryl methyl sites for hydroxylation is 1. The molecule has 1 aromatic carbocycles. The Hall–Kier alpha value is -1.61. The lowest BCUT2D eigenvalue weighted by atomic mass is 9.97. The van der Waals surface area contributed by atoms with Gasteiger partial charge in [-0.2, -0.15) is 5.10 Å². The fourth-order valence-corrected chi connectivity index (χ4v) is 3.77. The number of rotatable bonds is 7. The van der Waals surface area contributed by atoms with Crippen LogP contribution < -0.4 is 10.6 Å². The quantitative estimate of drug-likeness (QED) is 0.341. The number of nitrogens with one attached hydrogen (secondary N) is 2. The summed E-state index contributed by atoms with van der Waals surface area (Å²) in [5.41, 5.74) is 2.58. The molecule has 29 heavy (non-hydrogen) atoms. The van der Waals surface area contributed by atoms with Gasteiger partial charge in [0.2, 0.25) is 0 Å². The van der Waals surface area contributed by atoms with Crippen LogP contribution >= 0.6 is 24.0 Å². The zero-order valence-corrected chi connectivity index (χ0v) is 20.2. The predicted octanol–water partition coefficient (Wildman–Crippen LogP) is 3.42. The summed E-state index contributed by atoms with van der Waals surface area (Å²) in [6.07, 6.45) is 6.22. The molecule has 2 N–H and O–H groups in total. The summed E-state index contributed by atoms with van der Waals surface area (Å²) in [6, 6.07) is 11.8. The van der Waals surface area contributed by atoms with E-state index >= 15 is 0 Å². The molecule has 2 heterocycles. The van der Waals surface area contributed by atoms with Gasteiger partial charge in [-0.05, 0) is 44.7 Å². The number of aromatic nitrogens is 2. The van der Waals surface area contributed by atoms with Crippen LogP contribution in [0.2, 0.25) is 0 Å². The zero-order chi connectivity index (χ0) is 19.8. The van der Waals surface area contributed by atoms with E-state index in [0.717, 1.165) is 51.5 Å². The van der Waals surface area contributed by atoms with Gasteiger partial charge in [-0.3, -0.25) is 14.6 Å². The molecular weight excluding hydrogens is 475 g/mol. The van der Waals surface area contributed by atoms with Gasteiger partial charge in [0.25, 0.3) is 0 Å². The van der Waals surface area contributed by atoms with E-state index in [0.29, 0.717) is 12.1 Å². The van der Waals surface area contributed by atoms with Crippen molar-refractivity contribution in [1.29, 1.82) is 0 Å². The summed E-state index contributed by atoms with van der Waals surface area (Å²) < 4.78 is 1.95. The molecule has 7 heteroatoms. The van der Waals surface area contributed by atoms with Gasteiger partial charge < -0.3 is 10.6 Å². The van der Waals surface area contributed by atoms with Crippen LogP contribution in [-0.2, 0) is 13.1 Å². The third-order valence-electron chi connectivity index (χ3n) is 5.29. The molecule has 0 saturated carbocycles. The molecule has 0 radical (unpaired) electrons. The Morgan fingerprint density at radius 3 is 2.72 bits per heavy atom. The molecule has 1 aliphatic rings. The highest BCUT2D eigenvalue weighted by atomic mass is 127. The minimum absolute atomic E-state index is 0. The Bertz CT molecular complexity index is 745. The van der Waals surface area contributed by atoms with E-state index in [4.69, 9.17) is 4.99 Å². The molecule has 0 spiro atoms. The van der Waals surface area contributed by atoms with Crippen molar-refractivity contribution in [3.05, 3.63) is 53.9 Å². The van der Waals surface area contributed by atoms with E-state index in [1.54, 1.807) is 0 Å². The average Bonchev–Trinajstić information content (AvgIpc) is 3.10. The topological polar surface area (TPSA) is 57.5 Å².